The minimum absolute atomic E-state index is 0. The molecule has 1 saturated carbocycles. The third-order valence-electron chi connectivity index (χ3n) is 6.00. The molecule has 1 fully saturated rings. The molecule has 1 aliphatic rings. The molecule has 33 heavy (non-hydrogen) atoms. The molecule has 8 heteroatoms. The van der Waals surface area contributed by atoms with Gasteiger partial charge in [0.15, 0.2) is 0 Å². The van der Waals surface area contributed by atoms with E-state index in [-0.39, 0.29) is 7.43 Å². The number of hydrogen-bond acceptors (Lipinski definition) is 5. The van der Waals surface area contributed by atoms with Gasteiger partial charge >= 0.3 is 0 Å². The van der Waals surface area contributed by atoms with Crippen molar-refractivity contribution in [2.45, 2.75) is 45.7 Å². The SMILES string of the molecule is C.CN(C)c1nc(NC2CCC(CNCc3cc(Cl)cc(Cl)c3Cl)CC2)nc2ccccc12. The first-order valence-electron chi connectivity index (χ1n) is 11.0. The lowest BCUT2D eigenvalue weighted by molar-refractivity contribution is 0.324. The average molecular weight is 509 g/mol. The molecule has 1 aliphatic carbocycles. The van der Waals surface area contributed by atoms with E-state index >= 15 is 0 Å². The van der Waals surface area contributed by atoms with Crippen LogP contribution in [0.2, 0.25) is 15.1 Å². The number of para-hydroxylation sites is 1. The maximum Gasteiger partial charge on any atom is 0.225 e. The molecular formula is C25H32Cl3N5. The van der Waals surface area contributed by atoms with Crippen molar-refractivity contribution in [1.29, 1.82) is 0 Å². The molecule has 1 heterocycles. The first-order chi connectivity index (χ1) is 15.4. The van der Waals surface area contributed by atoms with Gasteiger partial charge in [0.25, 0.3) is 0 Å². The van der Waals surface area contributed by atoms with Crippen molar-refractivity contribution < 1.29 is 0 Å². The summed E-state index contributed by atoms with van der Waals surface area (Å²) in [7, 11) is 4.03. The maximum absolute atomic E-state index is 6.30. The summed E-state index contributed by atoms with van der Waals surface area (Å²) in [4.78, 5) is 11.6. The minimum atomic E-state index is 0. The van der Waals surface area contributed by atoms with Crippen LogP contribution in [0.15, 0.2) is 36.4 Å². The number of nitrogens with zero attached hydrogens (tertiary/aromatic N) is 3. The summed E-state index contributed by atoms with van der Waals surface area (Å²) < 4.78 is 0. The summed E-state index contributed by atoms with van der Waals surface area (Å²) in [5.41, 5.74) is 1.90. The highest BCUT2D eigenvalue weighted by Crippen LogP contribution is 2.31. The zero-order chi connectivity index (χ0) is 22.7. The van der Waals surface area contributed by atoms with Crippen LogP contribution < -0.4 is 15.5 Å². The second-order valence-corrected chi connectivity index (χ2v) is 9.86. The number of benzene rings is 2. The van der Waals surface area contributed by atoms with E-state index in [9.17, 15) is 0 Å². The first kappa shape index (κ1) is 25.8. The van der Waals surface area contributed by atoms with Gasteiger partial charge in [0, 0.05) is 37.1 Å². The van der Waals surface area contributed by atoms with E-state index in [1.165, 1.54) is 0 Å². The predicted molar refractivity (Wildman–Crippen MR) is 143 cm³/mol. The first-order valence-corrected chi connectivity index (χ1v) is 12.1. The minimum Gasteiger partial charge on any atom is -0.362 e. The van der Waals surface area contributed by atoms with E-state index in [1.54, 1.807) is 6.07 Å². The molecule has 1 aromatic heterocycles. The highest BCUT2D eigenvalue weighted by atomic mass is 35.5. The molecule has 3 aromatic rings. The van der Waals surface area contributed by atoms with E-state index in [2.05, 4.69) is 16.7 Å². The quantitative estimate of drug-likeness (QED) is 0.335. The van der Waals surface area contributed by atoms with Crippen molar-refractivity contribution in [3.63, 3.8) is 0 Å². The monoisotopic (exact) mass is 507 g/mol. The Balaban J connectivity index is 0.00000306. The Morgan fingerprint density at radius 1 is 1.00 bits per heavy atom. The van der Waals surface area contributed by atoms with Gasteiger partial charge in [0.1, 0.15) is 5.82 Å². The largest absolute Gasteiger partial charge is 0.362 e. The molecule has 0 spiro atoms. The van der Waals surface area contributed by atoms with Crippen LogP contribution in [0.1, 0.15) is 38.7 Å². The maximum atomic E-state index is 6.30. The Bertz CT molecular complexity index is 1080. The van der Waals surface area contributed by atoms with Crippen molar-refractivity contribution in [2.24, 2.45) is 5.92 Å². The molecule has 0 amide bonds. The van der Waals surface area contributed by atoms with E-state index in [0.29, 0.717) is 39.5 Å². The van der Waals surface area contributed by atoms with Gasteiger partial charge in [-0.3, -0.25) is 0 Å². The summed E-state index contributed by atoms with van der Waals surface area (Å²) in [5.74, 6) is 2.29. The van der Waals surface area contributed by atoms with Crippen LogP contribution in [0.5, 0.6) is 0 Å². The van der Waals surface area contributed by atoms with Crippen LogP contribution in [0.25, 0.3) is 10.9 Å². The average Bonchev–Trinajstić information content (AvgIpc) is 2.77. The van der Waals surface area contributed by atoms with Crippen molar-refractivity contribution in [3.8, 4) is 0 Å². The molecule has 2 N–H and O–H groups in total. The summed E-state index contributed by atoms with van der Waals surface area (Å²) in [6, 6.07) is 12.1. The number of nitrogens with one attached hydrogen (secondary N) is 2. The lowest BCUT2D eigenvalue weighted by Crippen LogP contribution is -2.31. The van der Waals surface area contributed by atoms with Crippen LogP contribution in [-0.2, 0) is 6.54 Å². The molecule has 0 bridgehead atoms. The molecule has 2 aromatic carbocycles. The van der Waals surface area contributed by atoms with Gasteiger partial charge in [0.2, 0.25) is 5.95 Å². The predicted octanol–water partition coefficient (Wildman–Crippen LogP) is 7.05. The molecule has 0 saturated heterocycles. The number of aromatic nitrogens is 2. The highest BCUT2D eigenvalue weighted by molar-refractivity contribution is 6.43. The zero-order valence-electron chi connectivity index (χ0n) is 18.3. The number of hydrogen-bond donors (Lipinski definition) is 2. The Morgan fingerprint density at radius 2 is 1.73 bits per heavy atom. The fourth-order valence-electron chi connectivity index (χ4n) is 4.31. The molecular weight excluding hydrogens is 477 g/mol. The van der Waals surface area contributed by atoms with Gasteiger partial charge in [-0.15, -0.1) is 0 Å². The van der Waals surface area contributed by atoms with Crippen molar-refractivity contribution in [1.82, 2.24) is 15.3 Å². The van der Waals surface area contributed by atoms with E-state index in [0.717, 1.165) is 54.5 Å². The van der Waals surface area contributed by atoms with Crippen LogP contribution in [0, 0.1) is 5.92 Å². The molecule has 178 valence electrons. The molecule has 0 unspecified atom stereocenters. The highest BCUT2D eigenvalue weighted by Gasteiger charge is 2.22. The fraction of sp³-hybridized carbons (Fsp3) is 0.440. The molecule has 0 aliphatic heterocycles. The van der Waals surface area contributed by atoms with Crippen LogP contribution in [-0.4, -0.2) is 36.6 Å². The standard InChI is InChI=1S/C24H28Cl3N5.CH4/c1-32(2)23-19-5-3-4-6-21(19)30-24(31-23)29-18-9-7-15(8-10-18)13-28-14-16-11-17(25)12-20(26)22(16)27;/h3-6,11-12,15,18,28H,7-10,13-14H2,1-2H3,(H,29,30,31);1H4. The summed E-state index contributed by atoms with van der Waals surface area (Å²) in [5, 5.41) is 9.84. The Kier molecular flexibility index (Phi) is 9.05. The topological polar surface area (TPSA) is 53.1 Å². The van der Waals surface area contributed by atoms with E-state index < -0.39 is 0 Å². The normalized spacial score (nSPS) is 18.1. The lowest BCUT2D eigenvalue weighted by atomic mass is 9.86. The van der Waals surface area contributed by atoms with E-state index in [4.69, 9.17) is 44.8 Å². The van der Waals surface area contributed by atoms with E-state index in [1.807, 2.05) is 43.3 Å². The molecule has 5 nitrogen and oxygen atoms in total. The van der Waals surface area contributed by atoms with Gasteiger partial charge < -0.3 is 15.5 Å². The Labute approximate surface area is 211 Å². The molecule has 0 radical (unpaired) electrons. The third kappa shape index (κ3) is 6.42. The number of halogens is 3. The number of fused-ring (bicyclic) bond motifs is 1. The second kappa shape index (κ2) is 11.6. The van der Waals surface area contributed by atoms with Gasteiger partial charge in [-0.2, -0.15) is 4.98 Å². The number of rotatable bonds is 7. The second-order valence-electron chi connectivity index (χ2n) is 8.64. The van der Waals surface area contributed by atoms with Gasteiger partial charge in [-0.1, -0.05) is 54.4 Å². The fourth-order valence-corrected chi connectivity index (χ4v) is 5.02. The third-order valence-corrected chi connectivity index (χ3v) is 7.06. The van der Waals surface area contributed by atoms with Crippen LogP contribution >= 0.6 is 34.8 Å². The summed E-state index contributed by atoms with van der Waals surface area (Å²) >= 11 is 18.5. The molecule has 4 rings (SSSR count). The summed E-state index contributed by atoms with van der Waals surface area (Å²) in [6.07, 6.45) is 4.51. The van der Waals surface area contributed by atoms with Crippen molar-refractivity contribution in [3.05, 3.63) is 57.0 Å². The Hall–Kier alpha value is -1.79. The lowest BCUT2D eigenvalue weighted by Gasteiger charge is -2.29. The van der Waals surface area contributed by atoms with Crippen molar-refractivity contribution in [2.75, 3.05) is 30.9 Å². The number of anilines is 2. The van der Waals surface area contributed by atoms with Gasteiger partial charge in [-0.25, -0.2) is 4.98 Å². The summed E-state index contributed by atoms with van der Waals surface area (Å²) in [6.45, 7) is 1.61. The van der Waals surface area contributed by atoms with Gasteiger partial charge in [0.05, 0.1) is 15.6 Å². The zero-order valence-corrected chi connectivity index (χ0v) is 20.6. The van der Waals surface area contributed by atoms with Gasteiger partial charge in [-0.05, 0) is 68.0 Å². The van der Waals surface area contributed by atoms with Crippen LogP contribution in [0.4, 0.5) is 11.8 Å². The van der Waals surface area contributed by atoms with Crippen LogP contribution in [0.3, 0.4) is 0 Å². The molecule has 0 atom stereocenters. The Morgan fingerprint density at radius 3 is 2.45 bits per heavy atom. The smallest absolute Gasteiger partial charge is 0.225 e. The van der Waals surface area contributed by atoms with Crippen molar-refractivity contribution >= 4 is 57.5 Å².